The smallest absolute Gasteiger partial charge is 0.254 e. The standard InChI is InChI=1S/C18H18N2O3/c1-3-21-15-9-4-5-10-16(15)22-12-17-19-20-18(23-17)14-8-6-7-13(2)11-14/h4-11H,3,12H2,1-2H3. The van der Waals surface area contributed by atoms with E-state index >= 15 is 0 Å². The average molecular weight is 310 g/mol. The molecule has 3 aromatic rings. The minimum absolute atomic E-state index is 0.197. The van der Waals surface area contributed by atoms with E-state index in [2.05, 4.69) is 10.2 Å². The fourth-order valence-corrected chi connectivity index (χ4v) is 2.19. The minimum Gasteiger partial charge on any atom is -0.490 e. The second-order valence-corrected chi connectivity index (χ2v) is 5.04. The maximum absolute atomic E-state index is 5.73. The van der Waals surface area contributed by atoms with Crippen LogP contribution < -0.4 is 9.47 Å². The Morgan fingerprint density at radius 1 is 0.957 bits per heavy atom. The summed E-state index contributed by atoms with van der Waals surface area (Å²) in [4.78, 5) is 0. The zero-order valence-corrected chi connectivity index (χ0v) is 13.2. The van der Waals surface area contributed by atoms with Crippen LogP contribution in [0.2, 0.25) is 0 Å². The van der Waals surface area contributed by atoms with E-state index in [0.717, 1.165) is 11.1 Å². The number of aromatic nitrogens is 2. The van der Waals surface area contributed by atoms with E-state index in [0.29, 0.717) is 29.9 Å². The first-order valence-corrected chi connectivity index (χ1v) is 7.50. The Hall–Kier alpha value is -2.82. The Kier molecular flexibility index (Phi) is 4.57. The van der Waals surface area contributed by atoms with Crippen molar-refractivity contribution in [1.82, 2.24) is 10.2 Å². The Morgan fingerprint density at radius 3 is 2.48 bits per heavy atom. The van der Waals surface area contributed by atoms with Crippen LogP contribution in [0, 0.1) is 6.92 Å². The fraction of sp³-hybridized carbons (Fsp3) is 0.222. The van der Waals surface area contributed by atoms with Crippen molar-refractivity contribution in [1.29, 1.82) is 0 Å². The highest BCUT2D eigenvalue weighted by Crippen LogP contribution is 2.27. The first-order chi connectivity index (χ1) is 11.3. The number of rotatable bonds is 6. The summed E-state index contributed by atoms with van der Waals surface area (Å²) in [5.74, 6) is 2.27. The molecule has 0 radical (unpaired) electrons. The van der Waals surface area contributed by atoms with Gasteiger partial charge in [0.15, 0.2) is 18.1 Å². The Bertz CT molecular complexity index is 783. The van der Waals surface area contributed by atoms with Crippen LogP contribution in [-0.4, -0.2) is 16.8 Å². The fourth-order valence-electron chi connectivity index (χ4n) is 2.19. The highest BCUT2D eigenvalue weighted by atomic mass is 16.5. The van der Waals surface area contributed by atoms with Crippen LogP contribution in [0.1, 0.15) is 18.4 Å². The molecule has 0 spiro atoms. The number of aryl methyl sites for hydroxylation is 1. The molecule has 23 heavy (non-hydrogen) atoms. The molecule has 0 fully saturated rings. The normalized spacial score (nSPS) is 10.5. The average Bonchev–Trinajstić information content (AvgIpc) is 3.03. The van der Waals surface area contributed by atoms with Gasteiger partial charge in [-0.1, -0.05) is 29.8 Å². The number of hydrogen-bond donors (Lipinski definition) is 0. The predicted molar refractivity (Wildman–Crippen MR) is 86.4 cm³/mol. The highest BCUT2D eigenvalue weighted by Gasteiger charge is 2.10. The molecule has 0 atom stereocenters. The van der Waals surface area contributed by atoms with Gasteiger partial charge in [-0.3, -0.25) is 0 Å². The number of ether oxygens (including phenoxy) is 2. The van der Waals surface area contributed by atoms with Gasteiger partial charge >= 0.3 is 0 Å². The molecule has 118 valence electrons. The van der Waals surface area contributed by atoms with E-state index in [9.17, 15) is 0 Å². The molecule has 3 rings (SSSR count). The van der Waals surface area contributed by atoms with Crippen LogP contribution in [0.25, 0.3) is 11.5 Å². The second-order valence-electron chi connectivity index (χ2n) is 5.04. The molecule has 1 aromatic heterocycles. The van der Waals surface area contributed by atoms with E-state index in [1.165, 1.54) is 0 Å². The second kappa shape index (κ2) is 6.96. The van der Waals surface area contributed by atoms with Gasteiger partial charge in [0.2, 0.25) is 5.89 Å². The third-order valence-electron chi connectivity index (χ3n) is 3.23. The summed E-state index contributed by atoms with van der Waals surface area (Å²) in [6.45, 7) is 4.73. The van der Waals surface area contributed by atoms with Gasteiger partial charge in [-0.15, -0.1) is 10.2 Å². The first-order valence-electron chi connectivity index (χ1n) is 7.50. The molecule has 0 saturated heterocycles. The molecular weight excluding hydrogens is 292 g/mol. The summed E-state index contributed by atoms with van der Waals surface area (Å²) >= 11 is 0. The van der Waals surface area contributed by atoms with Gasteiger partial charge in [0, 0.05) is 5.56 Å². The third-order valence-corrected chi connectivity index (χ3v) is 3.23. The summed E-state index contributed by atoms with van der Waals surface area (Å²) in [6, 6.07) is 15.4. The Labute approximate surface area is 134 Å². The number of nitrogens with zero attached hydrogens (tertiary/aromatic N) is 2. The first kappa shape index (κ1) is 15.1. The zero-order valence-electron chi connectivity index (χ0n) is 13.2. The molecule has 0 saturated carbocycles. The van der Waals surface area contributed by atoms with E-state index in [-0.39, 0.29) is 6.61 Å². The van der Waals surface area contributed by atoms with E-state index in [1.54, 1.807) is 0 Å². The van der Waals surface area contributed by atoms with Crippen LogP contribution >= 0.6 is 0 Å². The quantitative estimate of drug-likeness (QED) is 0.688. The largest absolute Gasteiger partial charge is 0.490 e. The van der Waals surface area contributed by atoms with Crippen LogP contribution in [0.4, 0.5) is 0 Å². The third kappa shape index (κ3) is 3.69. The van der Waals surface area contributed by atoms with E-state index in [1.807, 2.05) is 62.4 Å². The van der Waals surface area contributed by atoms with Crippen LogP contribution in [0.5, 0.6) is 11.5 Å². The zero-order chi connectivity index (χ0) is 16.1. The van der Waals surface area contributed by atoms with E-state index < -0.39 is 0 Å². The lowest BCUT2D eigenvalue weighted by atomic mass is 10.1. The van der Waals surface area contributed by atoms with Crippen molar-refractivity contribution in [2.45, 2.75) is 20.5 Å². The monoisotopic (exact) mass is 310 g/mol. The van der Waals surface area contributed by atoms with Crippen molar-refractivity contribution in [3.63, 3.8) is 0 Å². The van der Waals surface area contributed by atoms with Crippen molar-refractivity contribution in [2.75, 3.05) is 6.61 Å². The predicted octanol–water partition coefficient (Wildman–Crippen LogP) is 4.02. The summed E-state index contributed by atoms with van der Waals surface area (Å²) in [6.07, 6.45) is 0. The maximum Gasteiger partial charge on any atom is 0.254 e. The molecule has 0 amide bonds. The molecule has 2 aromatic carbocycles. The van der Waals surface area contributed by atoms with Gasteiger partial charge in [-0.25, -0.2) is 0 Å². The lowest BCUT2D eigenvalue weighted by Gasteiger charge is -2.09. The molecule has 0 unspecified atom stereocenters. The lowest BCUT2D eigenvalue weighted by Crippen LogP contribution is -1.99. The van der Waals surface area contributed by atoms with Crippen LogP contribution in [-0.2, 0) is 6.61 Å². The van der Waals surface area contributed by atoms with Crippen LogP contribution in [0.3, 0.4) is 0 Å². The molecule has 0 aliphatic rings. The van der Waals surface area contributed by atoms with E-state index in [4.69, 9.17) is 13.9 Å². The minimum atomic E-state index is 0.197. The van der Waals surface area contributed by atoms with Crippen molar-refractivity contribution >= 4 is 0 Å². The molecular formula is C18H18N2O3. The topological polar surface area (TPSA) is 57.4 Å². The van der Waals surface area contributed by atoms with Crippen molar-refractivity contribution < 1.29 is 13.9 Å². The van der Waals surface area contributed by atoms with Gasteiger partial charge in [0.05, 0.1) is 6.61 Å². The molecule has 0 aliphatic heterocycles. The molecule has 5 heteroatoms. The van der Waals surface area contributed by atoms with Gasteiger partial charge in [0.25, 0.3) is 5.89 Å². The number of benzene rings is 2. The lowest BCUT2D eigenvalue weighted by molar-refractivity contribution is 0.243. The van der Waals surface area contributed by atoms with Gasteiger partial charge in [-0.05, 0) is 38.1 Å². The molecule has 5 nitrogen and oxygen atoms in total. The number of hydrogen-bond acceptors (Lipinski definition) is 5. The van der Waals surface area contributed by atoms with Gasteiger partial charge in [0.1, 0.15) is 0 Å². The summed E-state index contributed by atoms with van der Waals surface area (Å²) < 4.78 is 16.9. The Balaban J connectivity index is 1.70. The van der Waals surface area contributed by atoms with Crippen molar-refractivity contribution in [3.05, 3.63) is 60.0 Å². The number of para-hydroxylation sites is 2. The van der Waals surface area contributed by atoms with Crippen molar-refractivity contribution in [2.24, 2.45) is 0 Å². The Morgan fingerprint density at radius 2 is 1.74 bits per heavy atom. The molecule has 0 N–H and O–H groups in total. The summed E-state index contributed by atoms with van der Waals surface area (Å²) in [5.41, 5.74) is 2.04. The van der Waals surface area contributed by atoms with Gasteiger partial charge < -0.3 is 13.9 Å². The summed E-state index contributed by atoms with van der Waals surface area (Å²) in [7, 11) is 0. The maximum atomic E-state index is 5.73. The van der Waals surface area contributed by atoms with Crippen molar-refractivity contribution in [3.8, 4) is 23.0 Å². The molecule has 0 bridgehead atoms. The SMILES string of the molecule is CCOc1ccccc1OCc1nnc(-c2cccc(C)c2)o1. The van der Waals surface area contributed by atoms with Gasteiger partial charge in [-0.2, -0.15) is 0 Å². The molecule has 1 heterocycles. The van der Waals surface area contributed by atoms with Crippen LogP contribution in [0.15, 0.2) is 52.9 Å². The highest BCUT2D eigenvalue weighted by molar-refractivity contribution is 5.53. The molecule has 0 aliphatic carbocycles. The summed E-state index contributed by atoms with van der Waals surface area (Å²) in [5, 5.41) is 8.10.